The minimum Gasteiger partial charge on any atom is -0.497 e. The van der Waals surface area contributed by atoms with E-state index < -0.39 is 28.5 Å². The van der Waals surface area contributed by atoms with Gasteiger partial charge in [-0.3, -0.25) is 13.9 Å². The number of hydrogen-bond acceptors (Lipinski definition) is 6. The Bertz CT molecular complexity index is 1090. The lowest BCUT2D eigenvalue weighted by molar-refractivity contribution is -0.139. The Kier molecular flexibility index (Phi) is 9.73. The first-order valence-corrected chi connectivity index (χ1v) is 12.8. The maximum absolute atomic E-state index is 13.5. The van der Waals surface area contributed by atoms with Crippen molar-refractivity contribution in [2.75, 3.05) is 37.9 Å². The molecule has 186 valence electrons. The Labute approximate surface area is 201 Å². The second-order valence-corrected chi connectivity index (χ2v) is 9.69. The van der Waals surface area contributed by atoms with Crippen LogP contribution in [0.1, 0.15) is 25.8 Å². The quantitative estimate of drug-likeness (QED) is 0.489. The van der Waals surface area contributed by atoms with Crippen LogP contribution in [0.2, 0.25) is 0 Å². The zero-order chi connectivity index (χ0) is 25.3. The monoisotopic (exact) mass is 491 g/mol. The van der Waals surface area contributed by atoms with Gasteiger partial charge in [0, 0.05) is 13.1 Å². The number of ether oxygens (including phenoxy) is 2. The van der Waals surface area contributed by atoms with E-state index in [9.17, 15) is 18.0 Å². The molecule has 0 saturated heterocycles. The van der Waals surface area contributed by atoms with Gasteiger partial charge in [0.1, 0.15) is 24.1 Å². The van der Waals surface area contributed by atoms with E-state index in [0.717, 1.165) is 22.5 Å². The van der Waals surface area contributed by atoms with Gasteiger partial charge >= 0.3 is 0 Å². The van der Waals surface area contributed by atoms with Gasteiger partial charge in [0.2, 0.25) is 21.8 Å². The summed E-state index contributed by atoms with van der Waals surface area (Å²) >= 11 is 0. The van der Waals surface area contributed by atoms with E-state index in [1.165, 1.54) is 12.0 Å². The summed E-state index contributed by atoms with van der Waals surface area (Å²) in [6, 6.07) is 12.9. The molecule has 0 aromatic heterocycles. The lowest BCUT2D eigenvalue weighted by atomic mass is 10.1. The van der Waals surface area contributed by atoms with Crippen molar-refractivity contribution in [3.63, 3.8) is 0 Å². The minimum absolute atomic E-state index is 0.0975. The largest absolute Gasteiger partial charge is 0.497 e. The topological polar surface area (TPSA) is 105 Å². The smallest absolute Gasteiger partial charge is 0.244 e. The number of para-hydroxylation sites is 2. The average molecular weight is 492 g/mol. The second-order valence-electron chi connectivity index (χ2n) is 7.78. The highest BCUT2D eigenvalue weighted by Gasteiger charge is 2.31. The third-order valence-electron chi connectivity index (χ3n) is 5.24. The molecule has 0 fully saturated rings. The number of nitrogens with one attached hydrogen (secondary N) is 1. The predicted octanol–water partition coefficient (Wildman–Crippen LogP) is 2.41. The standard InChI is InChI=1S/C24H33N3O6S/c1-6-14-25-24(29)18(2)26(16-19-10-9-11-20(15-19)32-3)23(28)17-27(34(5,30)31)21-12-7-8-13-22(21)33-4/h7-13,15,18H,6,14,16-17H2,1-5H3,(H,25,29)/t18-/m1/s1. The van der Waals surface area contributed by atoms with Gasteiger partial charge < -0.3 is 19.7 Å². The number of carbonyl (C=O) groups is 2. The van der Waals surface area contributed by atoms with Crippen LogP contribution in [0.25, 0.3) is 0 Å². The molecule has 0 aliphatic heterocycles. The van der Waals surface area contributed by atoms with Gasteiger partial charge in [-0.05, 0) is 43.2 Å². The maximum Gasteiger partial charge on any atom is 0.244 e. The molecule has 0 heterocycles. The van der Waals surface area contributed by atoms with E-state index in [-0.39, 0.29) is 18.1 Å². The zero-order valence-electron chi connectivity index (χ0n) is 20.3. The van der Waals surface area contributed by atoms with Crippen LogP contribution in [-0.2, 0) is 26.2 Å². The first kappa shape index (κ1) is 27.0. The molecule has 2 aromatic carbocycles. The fraction of sp³-hybridized carbons (Fsp3) is 0.417. The van der Waals surface area contributed by atoms with E-state index in [1.54, 1.807) is 56.5 Å². The van der Waals surface area contributed by atoms with Crippen LogP contribution >= 0.6 is 0 Å². The summed E-state index contributed by atoms with van der Waals surface area (Å²) in [5, 5.41) is 2.80. The molecule has 1 atom stereocenters. The fourth-order valence-electron chi connectivity index (χ4n) is 3.38. The average Bonchev–Trinajstić information content (AvgIpc) is 2.83. The number of amides is 2. The van der Waals surface area contributed by atoms with Crippen LogP contribution in [0.5, 0.6) is 11.5 Å². The zero-order valence-corrected chi connectivity index (χ0v) is 21.1. The van der Waals surface area contributed by atoms with E-state index in [1.807, 2.05) is 13.0 Å². The Morgan fingerprint density at radius 1 is 1.06 bits per heavy atom. The second kappa shape index (κ2) is 12.3. The maximum atomic E-state index is 13.5. The Balaban J connectivity index is 2.42. The van der Waals surface area contributed by atoms with Crippen molar-refractivity contribution in [1.29, 1.82) is 0 Å². The molecule has 1 N–H and O–H groups in total. The molecule has 2 aromatic rings. The molecular formula is C24H33N3O6S. The molecule has 0 saturated carbocycles. The highest BCUT2D eigenvalue weighted by atomic mass is 32.2. The Morgan fingerprint density at radius 2 is 1.76 bits per heavy atom. The van der Waals surface area contributed by atoms with Crippen LogP contribution in [0, 0.1) is 0 Å². The van der Waals surface area contributed by atoms with Gasteiger partial charge in [-0.15, -0.1) is 0 Å². The summed E-state index contributed by atoms with van der Waals surface area (Å²) in [5.41, 5.74) is 0.983. The highest BCUT2D eigenvalue weighted by Crippen LogP contribution is 2.29. The normalized spacial score (nSPS) is 11.9. The number of nitrogens with zero attached hydrogens (tertiary/aromatic N) is 2. The number of anilines is 1. The predicted molar refractivity (Wildman–Crippen MR) is 131 cm³/mol. The van der Waals surface area contributed by atoms with Gasteiger partial charge in [0.05, 0.1) is 26.2 Å². The third kappa shape index (κ3) is 7.11. The Morgan fingerprint density at radius 3 is 2.38 bits per heavy atom. The summed E-state index contributed by atoms with van der Waals surface area (Å²) in [7, 11) is -0.869. The molecular weight excluding hydrogens is 458 g/mol. The molecule has 2 rings (SSSR count). The van der Waals surface area contributed by atoms with Crippen molar-refractivity contribution in [3.05, 3.63) is 54.1 Å². The SMILES string of the molecule is CCCNC(=O)[C@@H](C)N(Cc1cccc(OC)c1)C(=O)CN(c1ccccc1OC)S(C)(=O)=O. The van der Waals surface area contributed by atoms with E-state index in [0.29, 0.717) is 18.0 Å². The first-order chi connectivity index (χ1) is 16.1. The number of hydrogen-bond donors (Lipinski definition) is 1. The van der Waals surface area contributed by atoms with Gasteiger partial charge in [0.25, 0.3) is 0 Å². The number of benzene rings is 2. The molecule has 0 bridgehead atoms. The van der Waals surface area contributed by atoms with Crippen LogP contribution in [0.3, 0.4) is 0 Å². The van der Waals surface area contributed by atoms with Gasteiger partial charge in [-0.25, -0.2) is 8.42 Å². The molecule has 0 aliphatic carbocycles. The molecule has 0 radical (unpaired) electrons. The fourth-order valence-corrected chi connectivity index (χ4v) is 4.23. The van der Waals surface area contributed by atoms with Crippen molar-refractivity contribution >= 4 is 27.5 Å². The molecule has 9 nitrogen and oxygen atoms in total. The molecule has 0 spiro atoms. The number of methoxy groups -OCH3 is 2. The summed E-state index contributed by atoms with van der Waals surface area (Å²) in [6.07, 6.45) is 1.77. The molecule has 34 heavy (non-hydrogen) atoms. The van der Waals surface area contributed by atoms with Crippen molar-refractivity contribution in [2.45, 2.75) is 32.9 Å². The van der Waals surface area contributed by atoms with Crippen LogP contribution in [0.4, 0.5) is 5.69 Å². The van der Waals surface area contributed by atoms with Crippen LogP contribution < -0.4 is 19.1 Å². The molecule has 0 aliphatic rings. The lowest BCUT2D eigenvalue weighted by Gasteiger charge is -2.31. The van der Waals surface area contributed by atoms with E-state index >= 15 is 0 Å². The molecule has 10 heteroatoms. The van der Waals surface area contributed by atoms with Crippen LogP contribution in [0.15, 0.2) is 48.5 Å². The van der Waals surface area contributed by atoms with Crippen molar-refractivity contribution in [2.24, 2.45) is 0 Å². The lowest BCUT2D eigenvalue weighted by Crippen LogP contribution is -2.51. The summed E-state index contributed by atoms with van der Waals surface area (Å²) in [6.45, 7) is 3.63. The number of carbonyl (C=O) groups excluding carboxylic acids is 2. The van der Waals surface area contributed by atoms with Crippen molar-refractivity contribution in [3.8, 4) is 11.5 Å². The molecule has 0 unspecified atom stereocenters. The summed E-state index contributed by atoms with van der Waals surface area (Å²) < 4.78 is 36.9. The van der Waals surface area contributed by atoms with E-state index in [4.69, 9.17) is 9.47 Å². The highest BCUT2D eigenvalue weighted by molar-refractivity contribution is 7.92. The van der Waals surface area contributed by atoms with Crippen LogP contribution in [-0.4, -0.2) is 64.7 Å². The minimum atomic E-state index is -3.84. The van der Waals surface area contributed by atoms with Crippen molar-refractivity contribution < 1.29 is 27.5 Å². The summed E-state index contributed by atoms with van der Waals surface area (Å²) in [4.78, 5) is 27.6. The number of sulfonamides is 1. The molecule has 2 amide bonds. The van der Waals surface area contributed by atoms with Gasteiger partial charge in [0.15, 0.2) is 0 Å². The first-order valence-electron chi connectivity index (χ1n) is 10.9. The van der Waals surface area contributed by atoms with Gasteiger partial charge in [-0.2, -0.15) is 0 Å². The van der Waals surface area contributed by atoms with E-state index in [2.05, 4.69) is 5.32 Å². The van der Waals surface area contributed by atoms with Crippen molar-refractivity contribution in [1.82, 2.24) is 10.2 Å². The number of rotatable bonds is 12. The Hall–Kier alpha value is -3.27. The van der Waals surface area contributed by atoms with Gasteiger partial charge in [-0.1, -0.05) is 31.2 Å². The summed E-state index contributed by atoms with van der Waals surface area (Å²) in [5.74, 6) is 0.0770. The third-order valence-corrected chi connectivity index (χ3v) is 6.36.